The van der Waals surface area contributed by atoms with Crippen LogP contribution in [0, 0.1) is 5.82 Å². The third-order valence-corrected chi connectivity index (χ3v) is 7.34. The van der Waals surface area contributed by atoms with Crippen LogP contribution in [0.2, 0.25) is 0 Å². The monoisotopic (exact) mass is 516 g/mol. The minimum atomic E-state index is -4.09. The van der Waals surface area contributed by atoms with Crippen molar-refractivity contribution in [1.82, 2.24) is 9.21 Å². The topological polar surface area (TPSA) is 85.4 Å². The van der Waals surface area contributed by atoms with Crippen molar-refractivity contribution in [2.75, 3.05) is 34.9 Å². The Bertz CT molecular complexity index is 1260. The highest BCUT2D eigenvalue weighted by molar-refractivity contribution is 7.89. The van der Waals surface area contributed by atoms with E-state index in [1.165, 1.54) is 38.4 Å². The quantitative estimate of drug-likeness (QED) is 0.386. The van der Waals surface area contributed by atoms with Crippen molar-refractivity contribution >= 4 is 15.9 Å². The highest BCUT2D eigenvalue weighted by Gasteiger charge is 2.28. The van der Waals surface area contributed by atoms with Crippen molar-refractivity contribution in [2.45, 2.75) is 18.0 Å². The van der Waals surface area contributed by atoms with Crippen LogP contribution in [0.5, 0.6) is 17.2 Å². The Balaban J connectivity index is 1.85. The van der Waals surface area contributed by atoms with Gasteiger partial charge in [0, 0.05) is 20.1 Å². The number of amides is 1. The van der Waals surface area contributed by atoms with Gasteiger partial charge < -0.3 is 19.1 Å². The van der Waals surface area contributed by atoms with E-state index in [0.717, 1.165) is 16.4 Å². The maximum Gasteiger partial charge on any atom is 0.243 e. The van der Waals surface area contributed by atoms with E-state index in [4.69, 9.17) is 14.2 Å². The van der Waals surface area contributed by atoms with Gasteiger partial charge in [0.05, 0.1) is 32.8 Å². The zero-order valence-electron chi connectivity index (χ0n) is 20.6. The molecule has 0 aromatic heterocycles. The molecule has 0 bridgehead atoms. The Morgan fingerprint density at radius 1 is 0.833 bits per heavy atom. The molecule has 0 heterocycles. The lowest BCUT2D eigenvalue weighted by molar-refractivity contribution is -0.130. The van der Waals surface area contributed by atoms with Crippen LogP contribution in [0.1, 0.15) is 11.1 Å². The summed E-state index contributed by atoms with van der Waals surface area (Å²) in [6.45, 7) is -0.259. The fourth-order valence-corrected chi connectivity index (χ4v) is 5.01. The summed E-state index contributed by atoms with van der Waals surface area (Å²) in [5.41, 5.74) is 1.42. The lowest BCUT2D eigenvalue weighted by atomic mass is 10.1. The van der Waals surface area contributed by atoms with E-state index in [-0.39, 0.29) is 18.0 Å². The number of likely N-dealkylation sites (N-methyl/N-ethyl adjacent to an activating group) is 1. The standard InChI is InChI=1S/C26H29FN2O6S/c1-28(16-20-14-23(33-2)26(35-4)24(15-20)34-3)25(30)18-29(17-19-8-6-5-7-9-19)36(31,32)22-12-10-21(27)11-13-22/h5-15H,16-18H2,1-4H3. The summed E-state index contributed by atoms with van der Waals surface area (Å²) < 4.78 is 57.3. The molecule has 0 radical (unpaired) electrons. The van der Waals surface area contributed by atoms with Crippen LogP contribution < -0.4 is 14.2 Å². The Kier molecular flexibility index (Phi) is 8.89. The predicted molar refractivity (Wildman–Crippen MR) is 133 cm³/mol. The summed E-state index contributed by atoms with van der Waals surface area (Å²) in [6, 6.07) is 16.9. The number of nitrogens with zero attached hydrogens (tertiary/aromatic N) is 2. The number of carbonyl (C=O) groups excluding carboxylic acids is 1. The fourth-order valence-electron chi connectivity index (χ4n) is 3.63. The highest BCUT2D eigenvalue weighted by Crippen LogP contribution is 2.38. The van der Waals surface area contributed by atoms with Gasteiger partial charge in [-0.2, -0.15) is 4.31 Å². The third kappa shape index (κ3) is 6.32. The molecule has 0 fully saturated rings. The van der Waals surface area contributed by atoms with Crippen LogP contribution in [0.25, 0.3) is 0 Å². The van der Waals surface area contributed by atoms with E-state index >= 15 is 0 Å². The van der Waals surface area contributed by atoms with Crippen LogP contribution in [-0.4, -0.2) is 58.5 Å². The maximum absolute atomic E-state index is 13.4. The molecule has 0 saturated carbocycles. The molecule has 0 saturated heterocycles. The molecule has 0 aliphatic heterocycles. The van der Waals surface area contributed by atoms with Crippen LogP contribution in [0.3, 0.4) is 0 Å². The Morgan fingerprint density at radius 3 is 1.94 bits per heavy atom. The summed E-state index contributed by atoms with van der Waals surface area (Å²) >= 11 is 0. The number of ether oxygens (including phenoxy) is 3. The number of halogens is 1. The summed E-state index contributed by atoms with van der Waals surface area (Å²) in [7, 11) is 1.99. The average Bonchev–Trinajstić information content (AvgIpc) is 2.88. The zero-order valence-corrected chi connectivity index (χ0v) is 21.4. The molecular formula is C26H29FN2O6S. The molecule has 0 N–H and O–H groups in total. The van der Waals surface area contributed by atoms with Crippen molar-refractivity contribution in [2.24, 2.45) is 0 Å². The minimum Gasteiger partial charge on any atom is -0.493 e. The molecule has 0 atom stereocenters. The number of carbonyl (C=O) groups is 1. The van der Waals surface area contributed by atoms with E-state index in [2.05, 4.69) is 0 Å². The van der Waals surface area contributed by atoms with E-state index < -0.39 is 28.3 Å². The number of hydrogen-bond acceptors (Lipinski definition) is 6. The average molecular weight is 517 g/mol. The van der Waals surface area contributed by atoms with Gasteiger partial charge in [-0.05, 0) is 47.5 Å². The van der Waals surface area contributed by atoms with E-state index in [0.29, 0.717) is 28.4 Å². The number of benzene rings is 3. The Morgan fingerprint density at radius 2 is 1.42 bits per heavy atom. The van der Waals surface area contributed by atoms with Gasteiger partial charge in [-0.3, -0.25) is 4.79 Å². The van der Waals surface area contributed by atoms with E-state index in [1.54, 1.807) is 43.4 Å². The molecule has 0 unspecified atom stereocenters. The van der Waals surface area contributed by atoms with Crippen molar-refractivity contribution in [3.05, 3.63) is 83.7 Å². The van der Waals surface area contributed by atoms with Crippen molar-refractivity contribution < 1.29 is 31.8 Å². The van der Waals surface area contributed by atoms with Crippen LogP contribution in [0.15, 0.2) is 71.6 Å². The van der Waals surface area contributed by atoms with Gasteiger partial charge in [0.2, 0.25) is 21.7 Å². The summed E-state index contributed by atoms with van der Waals surface area (Å²) in [6.07, 6.45) is 0. The summed E-state index contributed by atoms with van der Waals surface area (Å²) in [4.78, 5) is 14.5. The third-order valence-electron chi connectivity index (χ3n) is 5.53. The van der Waals surface area contributed by atoms with Crippen molar-refractivity contribution in [3.63, 3.8) is 0 Å². The normalized spacial score (nSPS) is 11.3. The zero-order chi connectivity index (χ0) is 26.3. The van der Waals surface area contributed by atoms with E-state index in [9.17, 15) is 17.6 Å². The largest absolute Gasteiger partial charge is 0.493 e. The van der Waals surface area contributed by atoms with Crippen LogP contribution in [-0.2, 0) is 27.9 Å². The number of hydrogen-bond donors (Lipinski definition) is 0. The summed E-state index contributed by atoms with van der Waals surface area (Å²) in [5, 5.41) is 0. The maximum atomic E-state index is 13.4. The van der Waals surface area contributed by atoms with Crippen LogP contribution in [0.4, 0.5) is 4.39 Å². The van der Waals surface area contributed by atoms with E-state index in [1.807, 2.05) is 6.07 Å². The summed E-state index contributed by atoms with van der Waals surface area (Å²) in [5.74, 6) is 0.335. The van der Waals surface area contributed by atoms with Crippen LogP contribution >= 0.6 is 0 Å². The van der Waals surface area contributed by atoms with Crippen molar-refractivity contribution in [3.8, 4) is 17.2 Å². The second-order valence-corrected chi connectivity index (χ2v) is 9.93. The van der Waals surface area contributed by atoms with Gasteiger partial charge in [-0.15, -0.1) is 0 Å². The predicted octanol–water partition coefficient (Wildman–Crippen LogP) is 3.70. The first-order valence-corrected chi connectivity index (χ1v) is 12.5. The molecule has 8 nitrogen and oxygen atoms in total. The van der Waals surface area contributed by atoms with Crippen molar-refractivity contribution in [1.29, 1.82) is 0 Å². The fraction of sp³-hybridized carbons (Fsp3) is 0.269. The molecule has 3 rings (SSSR count). The molecule has 0 aliphatic rings. The Hall–Kier alpha value is -3.63. The first-order chi connectivity index (χ1) is 17.2. The number of sulfonamides is 1. The smallest absolute Gasteiger partial charge is 0.243 e. The van der Waals surface area contributed by atoms with Gasteiger partial charge in [0.15, 0.2) is 11.5 Å². The first kappa shape index (κ1) is 27.0. The van der Waals surface area contributed by atoms with Gasteiger partial charge >= 0.3 is 0 Å². The molecule has 3 aromatic carbocycles. The highest BCUT2D eigenvalue weighted by atomic mass is 32.2. The van der Waals surface area contributed by atoms with Gasteiger partial charge in [-0.25, -0.2) is 12.8 Å². The minimum absolute atomic E-state index is 0.0235. The molecule has 1 amide bonds. The molecule has 0 aliphatic carbocycles. The lowest BCUT2D eigenvalue weighted by Gasteiger charge is -2.25. The first-order valence-electron chi connectivity index (χ1n) is 11.0. The van der Waals surface area contributed by atoms with Gasteiger partial charge in [0.1, 0.15) is 5.82 Å². The lowest BCUT2D eigenvalue weighted by Crippen LogP contribution is -2.40. The molecule has 36 heavy (non-hydrogen) atoms. The SMILES string of the molecule is COc1cc(CN(C)C(=O)CN(Cc2ccccc2)S(=O)(=O)c2ccc(F)cc2)cc(OC)c1OC. The molecule has 0 spiro atoms. The van der Waals surface area contributed by atoms with Gasteiger partial charge in [-0.1, -0.05) is 30.3 Å². The second-order valence-electron chi connectivity index (χ2n) is 8.00. The number of rotatable bonds is 11. The molecule has 10 heteroatoms. The molecular weight excluding hydrogens is 487 g/mol. The number of methoxy groups -OCH3 is 3. The second kappa shape index (κ2) is 11.9. The Labute approximate surface area is 210 Å². The molecule has 3 aromatic rings. The van der Waals surface area contributed by atoms with Gasteiger partial charge in [0.25, 0.3) is 0 Å². The molecule has 192 valence electrons.